The lowest BCUT2D eigenvalue weighted by Gasteiger charge is -2.22. The van der Waals surface area contributed by atoms with Crippen molar-refractivity contribution in [3.63, 3.8) is 0 Å². The Hall–Kier alpha value is -1.09. The van der Waals surface area contributed by atoms with Crippen molar-refractivity contribution in [3.8, 4) is 0 Å². The van der Waals surface area contributed by atoms with Crippen LogP contribution in [-0.4, -0.2) is 10.6 Å². The van der Waals surface area contributed by atoms with Gasteiger partial charge in [0.15, 0.2) is 0 Å². The topological polar surface area (TPSA) is 34.0 Å². The van der Waals surface area contributed by atoms with E-state index in [1.165, 1.54) is 24.1 Å². The van der Waals surface area contributed by atoms with E-state index in [-0.39, 0.29) is 5.56 Å². The molecular formula is C16H26N2O. The summed E-state index contributed by atoms with van der Waals surface area (Å²) in [5.41, 5.74) is 3.85. The molecule has 19 heavy (non-hydrogen) atoms. The van der Waals surface area contributed by atoms with Crippen LogP contribution >= 0.6 is 0 Å². The molecule has 0 spiro atoms. The van der Waals surface area contributed by atoms with Gasteiger partial charge in [-0.3, -0.25) is 4.79 Å². The third-order valence-corrected chi connectivity index (χ3v) is 3.82. The number of fused-ring (bicyclic) bond motifs is 1. The first kappa shape index (κ1) is 14.3. The van der Waals surface area contributed by atoms with Crippen LogP contribution in [-0.2, 0) is 25.9 Å². The van der Waals surface area contributed by atoms with Crippen molar-refractivity contribution >= 4 is 0 Å². The van der Waals surface area contributed by atoms with Crippen molar-refractivity contribution in [1.82, 2.24) is 9.88 Å². The van der Waals surface area contributed by atoms with Crippen molar-refractivity contribution in [2.45, 2.75) is 72.0 Å². The number of nitrogens with zero attached hydrogens (tertiary/aromatic N) is 1. The smallest absolute Gasteiger partial charge is 0.255 e. The molecule has 0 aliphatic heterocycles. The monoisotopic (exact) mass is 262 g/mol. The fourth-order valence-corrected chi connectivity index (χ4v) is 2.85. The Labute approximate surface area is 116 Å². The average molecular weight is 262 g/mol. The normalized spacial score (nSPS) is 14.7. The van der Waals surface area contributed by atoms with Crippen LogP contribution < -0.4 is 10.9 Å². The summed E-state index contributed by atoms with van der Waals surface area (Å²) in [5.74, 6) is 0. The van der Waals surface area contributed by atoms with Gasteiger partial charge < -0.3 is 9.88 Å². The summed E-state index contributed by atoms with van der Waals surface area (Å²) in [5, 5.41) is 3.37. The first-order valence-corrected chi connectivity index (χ1v) is 7.61. The van der Waals surface area contributed by atoms with Crippen molar-refractivity contribution in [2.24, 2.45) is 0 Å². The summed E-state index contributed by atoms with van der Waals surface area (Å²) in [7, 11) is 0. The number of hydrogen-bond acceptors (Lipinski definition) is 2. The highest BCUT2D eigenvalue weighted by molar-refractivity contribution is 5.29. The lowest BCUT2D eigenvalue weighted by molar-refractivity contribution is 0.544. The molecular weight excluding hydrogens is 236 g/mol. The Morgan fingerprint density at radius 3 is 2.74 bits per heavy atom. The summed E-state index contributed by atoms with van der Waals surface area (Å²) in [4.78, 5) is 12.6. The van der Waals surface area contributed by atoms with Gasteiger partial charge >= 0.3 is 0 Å². The van der Waals surface area contributed by atoms with Gasteiger partial charge in [-0.25, -0.2) is 0 Å². The van der Waals surface area contributed by atoms with E-state index >= 15 is 0 Å². The highest BCUT2D eigenvalue weighted by atomic mass is 16.1. The van der Waals surface area contributed by atoms with Gasteiger partial charge in [0, 0.05) is 30.4 Å². The van der Waals surface area contributed by atoms with E-state index in [9.17, 15) is 4.79 Å². The molecule has 1 N–H and O–H groups in total. The van der Waals surface area contributed by atoms with Crippen molar-refractivity contribution in [2.75, 3.05) is 0 Å². The third-order valence-electron chi connectivity index (χ3n) is 3.82. The van der Waals surface area contributed by atoms with Crippen molar-refractivity contribution in [3.05, 3.63) is 33.2 Å². The minimum absolute atomic E-state index is 0.218. The first-order chi connectivity index (χ1) is 9.13. The van der Waals surface area contributed by atoms with E-state index < -0.39 is 0 Å². The molecule has 1 aliphatic carbocycles. The molecule has 0 saturated heterocycles. The van der Waals surface area contributed by atoms with Gasteiger partial charge in [-0.1, -0.05) is 20.8 Å². The highest BCUT2D eigenvalue weighted by Gasteiger charge is 2.17. The summed E-state index contributed by atoms with van der Waals surface area (Å²) in [6.07, 6.45) is 5.71. The second kappa shape index (κ2) is 6.38. The Kier molecular flexibility index (Phi) is 4.81. The quantitative estimate of drug-likeness (QED) is 0.885. The molecule has 0 saturated carbocycles. The van der Waals surface area contributed by atoms with Crippen molar-refractivity contribution in [1.29, 1.82) is 0 Å². The molecule has 1 aliphatic rings. The predicted octanol–water partition coefficient (Wildman–Crippen LogP) is 2.64. The molecule has 3 heteroatoms. The fourth-order valence-electron chi connectivity index (χ4n) is 2.85. The maximum atomic E-state index is 12.6. The fraction of sp³-hybridized carbons (Fsp3) is 0.688. The molecule has 0 bridgehead atoms. The Morgan fingerprint density at radius 2 is 2.05 bits per heavy atom. The zero-order chi connectivity index (χ0) is 13.8. The SMILES string of the molecule is CCCn1c2c(cc(CNC(C)C)c1=O)CCCC2. The molecule has 1 aromatic rings. The molecule has 1 aromatic heterocycles. The first-order valence-electron chi connectivity index (χ1n) is 7.61. The molecule has 0 amide bonds. The van der Waals surface area contributed by atoms with E-state index in [4.69, 9.17) is 0 Å². The second-order valence-electron chi connectivity index (χ2n) is 5.84. The zero-order valence-electron chi connectivity index (χ0n) is 12.5. The standard InChI is InChI=1S/C16H26N2O/c1-4-9-18-15-8-6-5-7-13(15)10-14(16(18)19)11-17-12(2)3/h10,12,17H,4-9,11H2,1-3H3. The van der Waals surface area contributed by atoms with Gasteiger partial charge in [0.25, 0.3) is 5.56 Å². The maximum absolute atomic E-state index is 12.6. The van der Waals surface area contributed by atoms with E-state index in [2.05, 4.69) is 32.2 Å². The number of nitrogens with one attached hydrogen (secondary N) is 1. The van der Waals surface area contributed by atoms with Crippen LogP contribution in [0.4, 0.5) is 0 Å². The van der Waals surface area contributed by atoms with Crippen LogP contribution in [0.15, 0.2) is 10.9 Å². The molecule has 106 valence electrons. The summed E-state index contributed by atoms with van der Waals surface area (Å²) >= 11 is 0. The van der Waals surface area contributed by atoms with Gasteiger partial charge in [0.05, 0.1) is 0 Å². The number of aryl methyl sites for hydroxylation is 1. The van der Waals surface area contributed by atoms with Crippen LogP contribution in [0.5, 0.6) is 0 Å². The Balaban J connectivity index is 2.39. The molecule has 0 fully saturated rings. The predicted molar refractivity (Wildman–Crippen MR) is 79.6 cm³/mol. The van der Waals surface area contributed by atoms with Gasteiger partial charge in [-0.2, -0.15) is 0 Å². The lowest BCUT2D eigenvalue weighted by atomic mass is 9.94. The Bertz CT molecular complexity index is 488. The van der Waals surface area contributed by atoms with Gasteiger partial charge in [-0.15, -0.1) is 0 Å². The van der Waals surface area contributed by atoms with Crippen LogP contribution in [0.3, 0.4) is 0 Å². The Morgan fingerprint density at radius 1 is 1.32 bits per heavy atom. The molecule has 2 rings (SSSR count). The van der Waals surface area contributed by atoms with Gasteiger partial charge in [0.2, 0.25) is 0 Å². The molecule has 0 aromatic carbocycles. The van der Waals surface area contributed by atoms with Gasteiger partial charge in [0.1, 0.15) is 0 Å². The second-order valence-corrected chi connectivity index (χ2v) is 5.84. The van der Waals surface area contributed by atoms with Crippen LogP contribution in [0.1, 0.15) is 56.9 Å². The van der Waals surface area contributed by atoms with Crippen LogP contribution in [0, 0.1) is 0 Å². The van der Waals surface area contributed by atoms with E-state index in [1.807, 2.05) is 4.57 Å². The van der Waals surface area contributed by atoms with E-state index in [0.717, 1.165) is 31.4 Å². The summed E-state index contributed by atoms with van der Waals surface area (Å²) < 4.78 is 2.03. The zero-order valence-corrected chi connectivity index (χ0v) is 12.5. The molecule has 0 atom stereocenters. The van der Waals surface area contributed by atoms with Gasteiger partial charge in [-0.05, 0) is 43.7 Å². The number of hydrogen-bond donors (Lipinski definition) is 1. The summed E-state index contributed by atoms with van der Waals surface area (Å²) in [6.45, 7) is 7.91. The maximum Gasteiger partial charge on any atom is 0.255 e. The minimum atomic E-state index is 0.218. The third kappa shape index (κ3) is 3.27. The van der Waals surface area contributed by atoms with Crippen LogP contribution in [0.25, 0.3) is 0 Å². The highest BCUT2D eigenvalue weighted by Crippen LogP contribution is 2.21. The molecule has 0 unspecified atom stereocenters. The lowest BCUT2D eigenvalue weighted by Crippen LogP contribution is -2.33. The minimum Gasteiger partial charge on any atom is -0.312 e. The van der Waals surface area contributed by atoms with E-state index in [0.29, 0.717) is 12.6 Å². The molecule has 0 radical (unpaired) electrons. The molecule has 1 heterocycles. The average Bonchev–Trinajstić information content (AvgIpc) is 2.40. The number of aromatic nitrogens is 1. The number of rotatable bonds is 5. The van der Waals surface area contributed by atoms with Crippen LogP contribution in [0.2, 0.25) is 0 Å². The summed E-state index contributed by atoms with van der Waals surface area (Å²) in [6, 6.07) is 2.56. The largest absolute Gasteiger partial charge is 0.312 e. The molecule has 3 nitrogen and oxygen atoms in total. The van der Waals surface area contributed by atoms with E-state index in [1.54, 1.807) is 0 Å². The number of pyridine rings is 1. The van der Waals surface area contributed by atoms with Crippen molar-refractivity contribution < 1.29 is 0 Å².